The molecule has 3 N–H and O–H groups in total. The van der Waals surface area contributed by atoms with E-state index in [1.165, 1.54) is 167 Å². The number of unbranched alkanes of at least 4 members (excludes halogenated alkanes) is 31. The Morgan fingerprint density at radius 2 is 0.679 bits per heavy atom. The van der Waals surface area contributed by atoms with Gasteiger partial charge in [-0.3, -0.25) is 18.6 Å². The molecular formula is C71H124NO8P. The van der Waals surface area contributed by atoms with Gasteiger partial charge in [0.2, 0.25) is 0 Å². The fourth-order valence-electron chi connectivity index (χ4n) is 9.24. The van der Waals surface area contributed by atoms with Crippen molar-refractivity contribution in [3.05, 3.63) is 109 Å². The quantitative estimate of drug-likeness (QED) is 0.0264. The SMILES string of the molecule is CC/C=C\C/C=C\C/C=C\C/C=C\C/C=C\C/C=C\C/C=C\C/C=C\CCCCCCC(=O)OC(COC(=O)CCCCCCCCCCCCCCCCCCCCC/C=C\CCCCCCCCCC)COP(=O)(O)OCCN. The van der Waals surface area contributed by atoms with Gasteiger partial charge in [-0.2, -0.15) is 0 Å². The van der Waals surface area contributed by atoms with Crippen LogP contribution in [0.4, 0.5) is 0 Å². The Morgan fingerprint density at radius 1 is 0.383 bits per heavy atom. The number of allylic oxidation sites excluding steroid dienone is 18. The Hall–Kier alpha value is -3.33. The molecule has 2 atom stereocenters. The minimum Gasteiger partial charge on any atom is -0.462 e. The van der Waals surface area contributed by atoms with E-state index in [2.05, 4.69) is 123 Å². The maximum atomic E-state index is 12.7. The highest BCUT2D eigenvalue weighted by molar-refractivity contribution is 7.47. The molecule has 466 valence electrons. The molecule has 0 fully saturated rings. The van der Waals surface area contributed by atoms with E-state index < -0.39 is 26.5 Å². The third-order valence-corrected chi connectivity index (χ3v) is 15.1. The first kappa shape index (κ1) is 77.7. The third kappa shape index (κ3) is 65.7. The van der Waals surface area contributed by atoms with Gasteiger partial charge in [-0.1, -0.05) is 290 Å². The number of ether oxygens (including phenoxy) is 2. The Bertz CT molecular complexity index is 1690. The largest absolute Gasteiger partial charge is 0.472 e. The maximum Gasteiger partial charge on any atom is 0.472 e. The molecule has 0 aromatic rings. The monoisotopic (exact) mass is 1150 g/mol. The van der Waals surface area contributed by atoms with E-state index in [0.717, 1.165) is 96.3 Å². The first-order valence-electron chi connectivity index (χ1n) is 33.4. The first-order valence-corrected chi connectivity index (χ1v) is 34.9. The molecule has 0 aromatic carbocycles. The molecule has 0 saturated carbocycles. The molecule has 0 heterocycles. The van der Waals surface area contributed by atoms with E-state index in [1.54, 1.807) is 0 Å². The van der Waals surface area contributed by atoms with Crippen LogP contribution in [-0.2, 0) is 32.7 Å². The zero-order valence-corrected chi connectivity index (χ0v) is 53.1. The van der Waals surface area contributed by atoms with Crippen LogP contribution in [0, 0.1) is 0 Å². The zero-order chi connectivity index (χ0) is 58.7. The van der Waals surface area contributed by atoms with Crippen LogP contribution in [0.15, 0.2) is 109 Å². The lowest BCUT2D eigenvalue weighted by molar-refractivity contribution is -0.161. The topological polar surface area (TPSA) is 134 Å². The van der Waals surface area contributed by atoms with Crippen molar-refractivity contribution in [3.63, 3.8) is 0 Å². The average molecular weight is 1150 g/mol. The molecule has 0 saturated heterocycles. The molecular weight excluding hydrogens is 1030 g/mol. The molecule has 10 heteroatoms. The number of nitrogens with two attached hydrogens (primary N) is 1. The van der Waals surface area contributed by atoms with Gasteiger partial charge in [0.25, 0.3) is 0 Å². The lowest BCUT2D eigenvalue weighted by Crippen LogP contribution is -2.29. The van der Waals surface area contributed by atoms with Crippen molar-refractivity contribution < 1.29 is 37.6 Å². The number of rotatable bonds is 62. The van der Waals surface area contributed by atoms with E-state index in [9.17, 15) is 19.0 Å². The number of phosphoric acid groups is 1. The summed E-state index contributed by atoms with van der Waals surface area (Å²) in [5, 5.41) is 0. The van der Waals surface area contributed by atoms with Gasteiger partial charge in [0.05, 0.1) is 13.2 Å². The lowest BCUT2D eigenvalue weighted by atomic mass is 10.0. The van der Waals surface area contributed by atoms with Crippen molar-refractivity contribution in [3.8, 4) is 0 Å². The van der Waals surface area contributed by atoms with Crippen LogP contribution in [0.5, 0.6) is 0 Å². The molecule has 0 aliphatic heterocycles. The van der Waals surface area contributed by atoms with Crippen molar-refractivity contribution in [2.24, 2.45) is 5.73 Å². The van der Waals surface area contributed by atoms with Gasteiger partial charge in [-0.05, 0) is 103 Å². The van der Waals surface area contributed by atoms with E-state index in [0.29, 0.717) is 6.42 Å². The highest BCUT2D eigenvalue weighted by Gasteiger charge is 2.26. The van der Waals surface area contributed by atoms with Crippen LogP contribution in [0.2, 0.25) is 0 Å². The predicted molar refractivity (Wildman–Crippen MR) is 348 cm³/mol. The molecule has 9 nitrogen and oxygen atoms in total. The molecule has 0 spiro atoms. The number of hydrogen-bond acceptors (Lipinski definition) is 8. The second-order valence-electron chi connectivity index (χ2n) is 22.0. The van der Waals surface area contributed by atoms with Crippen LogP contribution in [0.25, 0.3) is 0 Å². The molecule has 0 aliphatic carbocycles. The Morgan fingerprint density at radius 3 is 1.02 bits per heavy atom. The van der Waals surface area contributed by atoms with Crippen molar-refractivity contribution in [2.45, 2.75) is 302 Å². The fraction of sp³-hybridized carbons (Fsp3) is 0.718. The maximum absolute atomic E-state index is 12.7. The second kappa shape index (κ2) is 65.8. The van der Waals surface area contributed by atoms with Gasteiger partial charge in [-0.15, -0.1) is 0 Å². The van der Waals surface area contributed by atoms with Gasteiger partial charge in [0.15, 0.2) is 6.10 Å². The summed E-state index contributed by atoms with van der Waals surface area (Å²) in [6, 6.07) is 0. The Kier molecular flexibility index (Phi) is 63.1. The van der Waals surface area contributed by atoms with Crippen LogP contribution in [0.3, 0.4) is 0 Å². The minimum absolute atomic E-state index is 0.0443. The molecule has 0 aliphatic rings. The molecule has 0 aromatic heterocycles. The van der Waals surface area contributed by atoms with Gasteiger partial charge < -0.3 is 20.1 Å². The summed E-state index contributed by atoms with van der Waals surface area (Å²) in [7, 11) is -4.41. The highest BCUT2D eigenvalue weighted by atomic mass is 31.2. The predicted octanol–water partition coefficient (Wildman–Crippen LogP) is 21.7. The van der Waals surface area contributed by atoms with Crippen LogP contribution in [0.1, 0.15) is 296 Å². The van der Waals surface area contributed by atoms with Crippen LogP contribution < -0.4 is 5.73 Å². The van der Waals surface area contributed by atoms with Crippen molar-refractivity contribution in [1.82, 2.24) is 0 Å². The second-order valence-corrected chi connectivity index (χ2v) is 23.4. The standard InChI is InChI=1S/C71H124NO8P/c1-3-5-7-9-11-13-15-17-19-21-23-25-27-29-31-33-34-36-37-39-41-43-45-47-49-51-53-55-57-59-61-63-70(73)77-67-69(68-79-81(75,76)78-66-65-72)80-71(74)64-62-60-58-56-54-52-50-48-46-44-42-40-38-35-32-30-28-26-24-22-20-18-16-14-12-10-8-6-4-2/h6,8,12,14,18,20-21,23-24,26,30,32,38,40,44,46,50,52,69H,3-5,7,9-11,13,15-17,19,22,25,27-29,31,33-37,39,41-43,45,47-49,51,53-68,72H2,1-2H3,(H,75,76)/b8-6-,14-12-,20-18-,23-21-,26-24-,32-30-,40-38-,46-44-,52-50-. The summed E-state index contributed by atoms with van der Waals surface area (Å²) >= 11 is 0. The van der Waals surface area contributed by atoms with E-state index >= 15 is 0 Å². The summed E-state index contributed by atoms with van der Waals surface area (Å²) in [5.41, 5.74) is 5.39. The third-order valence-electron chi connectivity index (χ3n) is 14.1. The smallest absolute Gasteiger partial charge is 0.462 e. The number of hydrogen-bond donors (Lipinski definition) is 2. The minimum atomic E-state index is -4.41. The molecule has 0 radical (unpaired) electrons. The molecule has 0 amide bonds. The van der Waals surface area contributed by atoms with Gasteiger partial charge in [-0.25, -0.2) is 4.57 Å². The number of carbonyl (C=O) groups excluding carboxylic acids is 2. The number of carbonyl (C=O) groups is 2. The number of esters is 2. The van der Waals surface area contributed by atoms with Gasteiger partial charge in [0, 0.05) is 19.4 Å². The van der Waals surface area contributed by atoms with E-state index in [1.807, 2.05) is 0 Å². The summed E-state index contributed by atoms with van der Waals surface area (Å²) < 4.78 is 33.1. The molecule has 2 unspecified atom stereocenters. The van der Waals surface area contributed by atoms with Crippen molar-refractivity contribution >= 4 is 19.8 Å². The Balaban J connectivity index is 3.97. The summed E-state index contributed by atoms with van der Waals surface area (Å²) in [4.78, 5) is 35.3. The number of phosphoric ester groups is 1. The molecule has 0 bridgehead atoms. The van der Waals surface area contributed by atoms with E-state index in [-0.39, 0.29) is 38.6 Å². The summed E-state index contributed by atoms with van der Waals surface area (Å²) in [5.74, 6) is -0.854. The van der Waals surface area contributed by atoms with Crippen LogP contribution in [-0.4, -0.2) is 49.3 Å². The summed E-state index contributed by atoms with van der Waals surface area (Å²) in [6.07, 6.45) is 90.3. The fourth-order valence-corrected chi connectivity index (χ4v) is 10.0. The first-order chi connectivity index (χ1) is 39.8. The van der Waals surface area contributed by atoms with Crippen LogP contribution >= 0.6 is 7.82 Å². The van der Waals surface area contributed by atoms with E-state index in [4.69, 9.17) is 24.3 Å². The van der Waals surface area contributed by atoms with Crippen molar-refractivity contribution in [1.29, 1.82) is 0 Å². The molecule has 0 rings (SSSR count). The average Bonchev–Trinajstić information content (AvgIpc) is 3.46. The summed E-state index contributed by atoms with van der Waals surface area (Å²) in [6.45, 7) is 3.62. The lowest BCUT2D eigenvalue weighted by Gasteiger charge is -2.19. The van der Waals surface area contributed by atoms with Gasteiger partial charge in [0.1, 0.15) is 6.61 Å². The van der Waals surface area contributed by atoms with Crippen molar-refractivity contribution in [2.75, 3.05) is 26.4 Å². The zero-order valence-electron chi connectivity index (χ0n) is 52.2. The molecule has 81 heavy (non-hydrogen) atoms. The highest BCUT2D eigenvalue weighted by Crippen LogP contribution is 2.43. The Labute approximate surface area is 499 Å². The normalized spacial score (nSPS) is 13.7. The van der Waals surface area contributed by atoms with Gasteiger partial charge >= 0.3 is 19.8 Å².